The summed E-state index contributed by atoms with van der Waals surface area (Å²) in [5, 5.41) is 0. The number of rotatable bonds is 1. The van der Waals surface area contributed by atoms with Crippen molar-refractivity contribution in [2.75, 3.05) is 0 Å². The molecule has 0 aromatic carbocycles. The van der Waals surface area contributed by atoms with Gasteiger partial charge in [0, 0.05) is 6.92 Å². The Balaban J connectivity index is 1.92. The molecule has 0 N–H and O–H groups in total. The lowest BCUT2D eigenvalue weighted by Crippen LogP contribution is -2.22. The normalized spacial score (nSPS) is 41.0. The van der Waals surface area contributed by atoms with Crippen molar-refractivity contribution in [1.82, 2.24) is 0 Å². The molecule has 2 rings (SSSR count). The predicted molar refractivity (Wildman–Crippen MR) is 41.0 cm³/mol. The van der Waals surface area contributed by atoms with Gasteiger partial charge in [-0.05, 0) is 37.5 Å². The second kappa shape index (κ2) is 2.50. The van der Waals surface area contributed by atoms with E-state index >= 15 is 0 Å². The van der Waals surface area contributed by atoms with E-state index in [4.69, 9.17) is 4.74 Å². The summed E-state index contributed by atoms with van der Waals surface area (Å²) in [4.78, 5) is 10.7. The van der Waals surface area contributed by atoms with Crippen LogP contribution in [0.2, 0.25) is 0 Å². The van der Waals surface area contributed by atoms with E-state index in [1.165, 1.54) is 26.2 Å². The molecule has 11 heavy (non-hydrogen) atoms. The molecular weight excluding hydrogens is 140 g/mol. The molecule has 0 saturated heterocycles. The number of carbonyl (C=O) groups excluding carboxylic acids is 1. The Hall–Kier alpha value is -0.530. The van der Waals surface area contributed by atoms with Gasteiger partial charge in [-0.15, -0.1) is 0 Å². The van der Waals surface area contributed by atoms with Gasteiger partial charge in [-0.25, -0.2) is 0 Å². The molecule has 2 aliphatic carbocycles. The SMILES string of the molecule is CC(=O)O[C@H]1C[C@@H]2CC[C@@H]1C2. The molecule has 3 atom stereocenters. The second-order valence-corrected chi connectivity index (χ2v) is 3.82. The predicted octanol–water partition coefficient (Wildman–Crippen LogP) is 1.74. The van der Waals surface area contributed by atoms with E-state index < -0.39 is 0 Å². The molecule has 0 aromatic heterocycles. The number of hydrogen-bond acceptors (Lipinski definition) is 2. The molecule has 2 fully saturated rings. The van der Waals surface area contributed by atoms with Crippen LogP contribution in [0.1, 0.15) is 32.6 Å². The fraction of sp³-hybridized carbons (Fsp3) is 0.889. The Morgan fingerprint density at radius 1 is 1.36 bits per heavy atom. The van der Waals surface area contributed by atoms with Crippen molar-refractivity contribution in [3.05, 3.63) is 0 Å². The van der Waals surface area contributed by atoms with Crippen LogP contribution < -0.4 is 0 Å². The lowest BCUT2D eigenvalue weighted by atomic mass is 9.98. The summed E-state index contributed by atoms with van der Waals surface area (Å²) in [6.07, 6.45) is 5.35. The van der Waals surface area contributed by atoms with Crippen molar-refractivity contribution in [3.8, 4) is 0 Å². The molecule has 0 spiro atoms. The minimum Gasteiger partial charge on any atom is -0.462 e. The van der Waals surface area contributed by atoms with E-state index in [0.29, 0.717) is 5.92 Å². The zero-order valence-corrected chi connectivity index (χ0v) is 6.88. The Kier molecular flexibility index (Phi) is 1.63. The van der Waals surface area contributed by atoms with Crippen LogP contribution in [0.4, 0.5) is 0 Å². The van der Waals surface area contributed by atoms with Crippen molar-refractivity contribution in [2.24, 2.45) is 11.8 Å². The van der Waals surface area contributed by atoms with Gasteiger partial charge in [-0.3, -0.25) is 4.79 Å². The Bertz CT molecular complexity index is 176. The van der Waals surface area contributed by atoms with Crippen LogP contribution in [0.15, 0.2) is 0 Å². The average Bonchev–Trinajstić information content (AvgIpc) is 2.45. The zero-order valence-electron chi connectivity index (χ0n) is 6.88. The summed E-state index contributed by atoms with van der Waals surface area (Å²) in [7, 11) is 0. The molecule has 2 bridgehead atoms. The van der Waals surface area contributed by atoms with Crippen LogP contribution in [-0.4, -0.2) is 12.1 Å². The summed E-state index contributed by atoms with van der Waals surface area (Å²) in [5.74, 6) is 1.45. The van der Waals surface area contributed by atoms with Crippen molar-refractivity contribution >= 4 is 5.97 Å². The van der Waals surface area contributed by atoms with Gasteiger partial charge in [0.2, 0.25) is 0 Å². The molecule has 62 valence electrons. The van der Waals surface area contributed by atoms with E-state index in [2.05, 4.69) is 0 Å². The molecule has 0 aliphatic heterocycles. The lowest BCUT2D eigenvalue weighted by Gasteiger charge is -2.20. The third kappa shape index (κ3) is 1.26. The van der Waals surface area contributed by atoms with Gasteiger partial charge in [0.1, 0.15) is 6.10 Å². The highest BCUT2D eigenvalue weighted by molar-refractivity contribution is 5.66. The number of esters is 1. The largest absolute Gasteiger partial charge is 0.462 e. The first-order valence-electron chi connectivity index (χ1n) is 4.43. The van der Waals surface area contributed by atoms with Crippen molar-refractivity contribution in [1.29, 1.82) is 0 Å². The van der Waals surface area contributed by atoms with Crippen molar-refractivity contribution < 1.29 is 9.53 Å². The molecule has 0 heterocycles. The van der Waals surface area contributed by atoms with E-state index in [1.807, 2.05) is 0 Å². The van der Waals surface area contributed by atoms with Gasteiger partial charge < -0.3 is 4.74 Å². The molecule has 2 nitrogen and oxygen atoms in total. The van der Waals surface area contributed by atoms with Crippen LogP contribution in [0, 0.1) is 11.8 Å². The fourth-order valence-electron chi connectivity index (χ4n) is 2.54. The van der Waals surface area contributed by atoms with Crippen LogP contribution in [-0.2, 0) is 9.53 Å². The first-order chi connectivity index (χ1) is 5.25. The Labute approximate surface area is 66.9 Å². The van der Waals surface area contributed by atoms with E-state index in [0.717, 1.165) is 12.3 Å². The number of hydrogen-bond donors (Lipinski definition) is 0. The van der Waals surface area contributed by atoms with E-state index in [-0.39, 0.29) is 12.1 Å². The van der Waals surface area contributed by atoms with E-state index in [1.54, 1.807) is 0 Å². The molecular formula is C9H14O2. The highest BCUT2D eigenvalue weighted by Gasteiger charge is 2.41. The summed E-state index contributed by atoms with van der Waals surface area (Å²) in [6.45, 7) is 1.51. The molecule has 2 heteroatoms. The monoisotopic (exact) mass is 154 g/mol. The first kappa shape index (κ1) is 7.14. The maximum Gasteiger partial charge on any atom is 0.302 e. The summed E-state index contributed by atoms with van der Waals surface area (Å²) >= 11 is 0. The summed E-state index contributed by atoms with van der Waals surface area (Å²) in [5.41, 5.74) is 0. The topological polar surface area (TPSA) is 26.3 Å². The molecule has 2 saturated carbocycles. The molecule has 0 amide bonds. The number of ether oxygens (including phenoxy) is 1. The van der Waals surface area contributed by atoms with Gasteiger partial charge in [0.25, 0.3) is 0 Å². The number of carbonyl (C=O) groups is 1. The van der Waals surface area contributed by atoms with Gasteiger partial charge in [0.15, 0.2) is 0 Å². The van der Waals surface area contributed by atoms with Crippen LogP contribution >= 0.6 is 0 Å². The Morgan fingerprint density at radius 2 is 2.18 bits per heavy atom. The minimum atomic E-state index is -0.109. The van der Waals surface area contributed by atoms with Crippen molar-refractivity contribution in [3.63, 3.8) is 0 Å². The Morgan fingerprint density at radius 3 is 2.64 bits per heavy atom. The van der Waals surface area contributed by atoms with Crippen LogP contribution in [0.25, 0.3) is 0 Å². The first-order valence-corrected chi connectivity index (χ1v) is 4.43. The highest BCUT2D eigenvalue weighted by Crippen LogP contribution is 2.45. The molecule has 0 radical (unpaired) electrons. The van der Waals surface area contributed by atoms with Crippen molar-refractivity contribution in [2.45, 2.75) is 38.7 Å². The molecule has 0 aromatic rings. The minimum absolute atomic E-state index is 0.109. The zero-order chi connectivity index (χ0) is 7.84. The maximum absolute atomic E-state index is 10.7. The van der Waals surface area contributed by atoms with Gasteiger partial charge in [-0.2, -0.15) is 0 Å². The van der Waals surface area contributed by atoms with Crippen LogP contribution in [0.5, 0.6) is 0 Å². The average molecular weight is 154 g/mol. The lowest BCUT2D eigenvalue weighted by molar-refractivity contribution is -0.148. The summed E-state index contributed by atoms with van der Waals surface area (Å²) < 4.78 is 5.21. The second-order valence-electron chi connectivity index (χ2n) is 3.82. The van der Waals surface area contributed by atoms with Gasteiger partial charge in [0.05, 0.1) is 0 Å². The smallest absolute Gasteiger partial charge is 0.302 e. The number of fused-ring (bicyclic) bond motifs is 2. The van der Waals surface area contributed by atoms with Crippen LogP contribution in [0.3, 0.4) is 0 Å². The third-order valence-electron chi connectivity index (χ3n) is 2.99. The fourth-order valence-corrected chi connectivity index (χ4v) is 2.54. The third-order valence-corrected chi connectivity index (χ3v) is 2.99. The highest BCUT2D eigenvalue weighted by atomic mass is 16.5. The van der Waals surface area contributed by atoms with E-state index in [9.17, 15) is 4.79 Å². The van der Waals surface area contributed by atoms with Gasteiger partial charge >= 0.3 is 5.97 Å². The standard InChI is InChI=1S/C9H14O2/c1-6(10)11-9-5-7-2-3-8(9)4-7/h7-9H,2-5H2,1H3/t7-,8-,9+/m1/s1. The molecule has 0 unspecified atom stereocenters. The quantitative estimate of drug-likeness (QED) is 0.538. The maximum atomic E-state index is 10.7. The molecule has 2 aliphatic rings. The van der Waals surface area contributed by atoms with Gasteiger partial charge in [-0.1, -0.05) is 0 Å². The summed E-state index contributed by atoms with van der Waals surface area (Å²) in [6, 6.07) is 0.